The van der Waals surface area contributed by atoms with Crippen LogP contribution in [0.25, 0.3) is 22.2 Å². The molecule has 7 rings (SSSR count). The Hall–Kier alpha value is -3.70. The lowest BCUT2D eigenvalue weighted by atomic mass is 9.85. The maximum atomic E-state index is 15.1. The highest BCUT2D eigenvalue weighted by Gasteiger charge is 2.65. The number of carbonyl (C=O) groups excluding carboxylic acids is 3. The number of amides is 4. The number of aromatic nitrogens is 1. The van der Waals surface area contributed by atoms with Crippen molar-refractivity contribution in [2.75, 3.05) is 48.4 Å². The van der Waals surface area contributed by atoms with Crippen LogP contribution in [0.2, 0.25) is 0 Å². The standard InChI is InChI=1S/C37H47N5O4.C2H7NS/c1-6-8-22(9-7-2)32-28-14-10-23(34(38)43)16-31(28)41-21-37(18-30(37)29-17-26(46-5)13-15-27(29)33(32)41)35(44)42-24-11-12-25(42)20-40(19-24)36(45)39(3)4;1-3(2)4/h10,13-17,22,24-25,30H,6-9,11-12,18-21H2,1-5H3,(H2,38,43);4H,1-2H3/t24-,25+,30?,37?;. The van der Waals surface area contributed by atoms with Crippen molar-refractivity contribution in [2.45, 2.75) is 89.3 Å². The number of piperazine rings is 1. The van der Waals surface area contributed by atoms with Gasteiger partial charge in [0.25, 0.3) is 0 Å². The summed E-state index contributed by atoms with van der Waals surface area (Å²) in [6.07, 6.45) is 6.87. The predicted octanol–water partition coefficient (Wildman–Crippen LogP) is 6.34. The van der Waals surface area contributed by atoms with Gasteiger partial charge in [0.15, 0.2) is 0 Å². The molecule has 3 aliphatic heterocycles. The van der Waals surface area contributed by atoms with E-state index in [4.69, 9.17) is 10.5 Å². The van der Waals surface area contributed by atoms with Crippen LogP contribution < -0.4 is 10.5 Å². The molecule has 270 valence electrons. The summed E-state index contributed by atoms with van der Waals surface area (Å²) in [4.78, 5) is 46.1. The van der Waals surface area contributed by atoms with Crippen LogP contribution in [0.1, 0.15) is 92.1 Å². The summed E-state index contributed by atoms with van der Waals surface area (Å²) in [5, 5.41) is 1.14. The largest absolute Gasteiger partial charge is 0.497 e. The Kier molecular flexibility index (Phi) is 10.2. The topological polar surface area (TPSA) is 104 Å². The van der Waals surface area contributed by atoms with Crippen LogP contribution in [-0.2, 0) is 11.3 Å². The van der Waals surface area contributed by atoms with Gasteiger partial charge in [0, 0.05) is 73.8 Å². The van der Waals surface area contributed by atoms with E-state index in [1.54, 1.807) is 30.4 Å². The molecule has 2 saturated heterocycles. The number of thiol groups is 1. The quantitative estimate of drug-likeness (QED) is 0.267. The zero-order valence-corrected chi connectivity index (χ0v) is 31.6. The minimum Gasteiger partial charge on any atom is -0.497 e. The molecule has 11 heteroatoms. The first kappa shape index (κ1) is 36.1. The normalized spacial score (nSPS) is 23.1. The maximum Gasteiger partial charge on any atom is 0.319 e. The van der Waals surface area contributed by atoms with E-state index in [1.165, 1.54) is 16.8 Å². The van der Waals surface area contributed by atoms with E-state index in [2.05, 4.69) is 54.3 Å². The Balaban J connectivity index is 0.00000103. The Morgan fingerprint density at radius 3 is 2.20 bits per heavy atom. The van der Waals surface area contributed by atoms with Crippen LogP contribution in [0.15, 0.2) is 36.4 Å². The van der Waals surface area contributed by atoms with E-state index < -0.39 is 11.3 Å². The second-order valence-corrected chi connectivity index (χ2v) is 15.9. The molecule has 2 N–H and O–H groups in total. The molecular weight excluding hydrogens is 649 g/mol. The number of benzene rings is 2. The van der Waals surface area contributed by atoms with Crippen LogP contribution in [0, 0.1) is 5.41 Å². The maximum absolute atomic E-state index is 15.1. The summed E-state index contributed by atoms with van der Waals surface area (Å²) in [5.41, 5.74) is 11.5. The number of fused-ring (bicyclic) bond motifs is 9. The third-order valence-electron chi connectivity index (χ3n) is 11.3. The molecular formula is C39H54N6O4S. The Morgan fingerprint density at radius 2 is 1.64 bits per heavy atom. The van der Waals surface area contributed by atoms with Crippen molar-refractivity contribution in [2.24, 2.45) is 11.1 Å². The van der Waals surface area contributed by atoms with Gasteiger partial charge in [-0.05, 0) is 93.6 Å². The van der Waals surface area contributed by atoms with Crippen molar-refractivity contribution in [1.29, 1.82) is 0 Å². The summed E-state index contributed by atoms with van der Waals surface area (Å²) in [7, 11) is 9.00. The molecule has 1 aliphatic carbocycles. The molecule has 0 radical (unpaired) electrons. The first-order valence-electron chi connectivity index (χ1n) is 18.2. The second-order valence-electron chi connectivity index (χ2n) is 15.1. The van der Waals surface area contributed by atoms with Crippen molar-refractivity contribution in [3.05, 3.63) is 53.1 Å². The average molecular weight is 703 g/mol. The number of hydrogen-bond donors (Lipinski definition) is 2. The number of likely N-dealkylation sites (tertiary alicyclic amines) is 1. The van der Waals surface area contributed by atoms with E-state index in [-0.39, 0.29) is 29.9 Å². The molecule has 2 aromatic carbocycles. The first-order chi connectivity index (χ1) is 23.9. The number of hydrogen-bond acceptors (Lipinski definition) is 6. The van der Waals surface area contributed by atoms with Gasteiger partial charge in [-0.15, -0.1) is 0 Å². The van der Waals surface area contributed by atoms with E-state index in [1.807, 2.05) is 37.2 Å². The summed E-state index contributed by atoms with van der Waals surface area (Å²) < 4.78 is 9.80. The lowest BCUT2D eigenvalue weighted by Crippen LogP contribution is -2.60. The molecule has 4 amide bonds. The summed E-state index contributed by atoms with van der Waals surface area (Å²) >= 11 is 3.80. The molecule has 1 saturated carbocycles. The fourth-order valence-corrected chi connectivity index (χ4v) is 9.10. The molecule has 2 unspecified atom stereocenters. The monoisotopic (exact) mass is 702 g/mol. The lowest BCUT2D eigenvalue weighted by molar-refractivity contribution is -0.143. The average Bonchev–Trinajstić information content (AvgIpc) is 3.67. The van der Waals surface area contributed by atoms with E-state index in [0.29, 0.717) is 31.1 Å². The van der Waals surface area contributed by atoms with Gasteiger partial charge in [0.05, 0.1) is 18.2 Å². The third-order valence-corrected chi connectivity index (χ3v) is 11.3. The number of rotatable bonds is 8. The van der Waals surface area contributed by atoms with Crippen molar-refractivity contribution < 1.29 is 19.1 Å². The first-order valence-corrected chi connectivity index (χ1v) is 18.6. The number of nitrogens with zero attached hydrogens (tertiary/aromatic N) is 5. The van der Waals surface area contributed by atoms with Crippen molar-refractivity contribution in [3.8, 4) is 17.0 Å². The number of nitrogens with two attached hydrogens (primary N) is 1. The van der Waals surface area contributed by atoms with Gasteiger partial charge >= 0.3 is 6.03 Å². The molecule has 4 atom stereocenters. The van der Waals surface area contributed by atoms with Crippen LogP contribution >= 0.6 is 12.8 Å². The smallest absolute Gasteiger partial charge is 0.319 e. The number of urea groups is 1. The second kappa shape index (κ2) is 14.1. The molecule has 10 nitrogen and oxygen atoms in total. The number of primary amides is 1. The highest BCUT2D eigenvalue weighted by atomic mass is 32.1. The van der Waals surface area contributed by atoms with Gasteiger partial charge in [0.1, 0.15) is 5.75 Å². The van der Waals surface area contributed by atoms with Gasteiger partial charge in [-0.25, -0.2) is 4.79 Å². The molecule has 50 heavy (non-hydrogen) atoms. The van der Waals surface area contributed by atoms with Crippen LogP contribution in [0.5, 0.6) is 5.75 Å². The van der Waals surface area contributed by atoms with Crippen molar-refractivity contribution in [3.63, 3.8) is 0 Å². The predicted molar refractivity (Wildman–Crippen MR) is 202 cm³/mol. The highest BCUT2D eigenvalue weighted by molar-refractivity contribution is 7.77. The summed E-state index contributed by atoms with van der Waals surface area (Å²) in [6.45, 7) is 6.18. The van der Waals surface area contributed by atoms with Crippen LogP contribution in [0.4, 0.5) is 4.79 Å². The van der Waals surface area contributed by atoms with E-state index in [0.717, 1.165) is 67.2 Å². The minimum absolute atomic E-state index is 0.0110. The Morgan fingerprint density at radius 1 is 1.00 bits per heavy atom. The number of ether oxygens (including phenoxy) is 1. The van der Waals surface area contributed by atoms with Crippen LogP contribution in [0.3, 0.4) is 0 Å². The summed E-state index contributed by atoms with van der Waals surface area (Å²) in [6, 6.07) is 12.3. The molecule has 1 aromatic heterocycles. The van der Waals surface area contributed by atoms with Crippen molar-refractivity contribution in [1.82, 2.24) is 23.6 Å². The van der Waals surface area contributed by atoms with Gasteiger partial charge in [-0.3, -0.25) is 13.9 Å². The zero-order valence-electron chi connectivity index (χ0n) is 30.7. The molecule has 0 spiro atoms. The summed E-state index contributed by atoms with van der Waals surface area (Å²) in [5.74, 6) is 0.958. The lowest BCUT2D eigenvalue weighted by Gasteiger charge is -2.43. The molecule has 3 aromatic rings. The zero-order chi connectivity index (χ0) is 36.1. The molecule has 3 fully saturated rings. The van der Waals surface area contributed by atoms with E-state index >= 15 is 4.79 Å². The van der Waals surface area contributed by atoms with Gasteiger partial charge in [0.2, 0.25) is 11.8 Å². The fourth-order valence-electron chi connectivity index (χ4n) is 9.10. The number of carbonyl (C=O) groups is 3. The SMILES string of the molecule is CCCC(CCC)c1c2n(c3cc(C(N)=O)ccc13)CC1(C(=O)N3[C@@H]4CC[C@H]3CN(C(=O)N(C)C)C4)CC1c1cc(OC)ccc1-2.CN(C)S. The van der Waals surface area contributed by atoms with Gasteiger partial charge in [-0.2, -0.15) is 0 Å². The third kappa shape index (κ3) is 6.25. The Bertz CT molecular complexity index is 1760. The van der Waals surface area contributed by atoms with E-state index in [9.17, 15) is 9.59 Å². The highest BCUT2D eigenvalue weighted by Crippen LogP contribution is 2.66. The minimum atomic E-state index is -0.613. The molecule has 4 aliphatic rings. The fraction of sp³-hybridized carbons (Fsp3) is 0.564. The van der Waals surface area contributed by atoms with Crippen LogP contribution in [-0.4, -0.2) is 102 Å². The Labute approximate surface area is 302 Å². The number of methoxy groups -OCH3 is 1. The van der Waals surface area contributed by atoms with Gasteiger partial charge < -0.3 is 29.7 Å². The van der Waals surface area contributed by atoms with Gasteiger partial charge in [-0.1, -0.05) is 45.6 Å². The van der Waals surface area contributed by atoms with Crippen molar-refractivity contribution >= 4 is 41.6 Å². The molecule has 4 heterocycles. The molecule has 2 bridgehead atoms.